The van der Waals surface area contributed by atoms with Crippen LogP contribution in [-0.4, -0.2) is 35.1 Å². The number of nitrogens with one attached hydrogen (secondary N) is 1. The number of fused-ring (bicyclic) bond motifs is 1. The van der Waals surface area contributed by atoms with Gasteiger partial charge in [0.05, 0.1) is 0 Å². The summed E-state index contributed by atoms with van der Waals surface area (Å²) >= 11 is 0. The van der Waals surface area contributed by atoms with Crippen molar-refractivity contribution in [3.63, 3.8) is 0 Å². The normalized spacial score (nSPS) is 14.7. The van der Waals surface area contributed by atoms with Crippen molar-refractivity contribution < 1.29 is 14.3 Å². The predicted molar refractivity (Wildman–Crippen MR) is 113 cm³/mol. The van der Waals surface area contributed by atoms with Gasteiger partial charge in [0, 0.05) is 13.1 Å². The van der Waals surface area contributed by atoms with Crippen molar-refractivity contribution >= 4 is 12.0 Å². The average molecular weight is 395 g/mol. The maximum absolute atomic E-state index is 13.3. The van der Waals surface area contributed by atoms with Crippen LogP contribution in [0, 0.1) is 0 Å². The molecule has 1 heterocycles. The molecular weight excluding hydrogens is 364 g/mol. The number of amides is 2. The molecule has 1 aliphatic rings. The highest BCUT2D eigenvalue weighted by Gasteiger charge is 2.29. The summed E-state index contributed by atoms with van der Waals surface area (Å²) in [5.74, 6) is -0.0544. The third kappa shape index (κ3) is 6.08. The van der Waals surface area contributed by atoms with E-state index in [9.17, 15) is 9.59 Å². The Morgan fingerprint density at radius 2 is 1.69 bits per heavy atom. The monoisotopic (exact) mass is 394 g/mol. The summed E-state index contributed by atoms with van der Waals surface area (Å²) in [6.45, 7) is 6.68. The van der Waals surface area contributed by atoms with Crippen LogP contribution in [0.4, 0.5) is 4.79 Å². The molecule has 2 amide bonds. The minimum Gasteiger partial charge on any atom is -0.444 e. The molecule has 0 saturated carbocycles. The van der Waals surface area contributed by atoms with Gasteiger partial charge in [0.15, 0.2) is 0 Å². The molecule has 0 bridgehead atoms. The number of carbonyl (C=O) groups excluding carboxylic acids is 2. The summed E-state index contributed by atoms with van der Waals surface area (Å²) in [4.78, 5) is 27.5. The SMILES string of the molecule is CC(C)(C)OC(=O)N[C@H](CCc1ccccc1)C(=O)N1CCc2ccccc2C1. The van der Waals surface area contributed by atoms with Crippen LogP contribution in [0.2, 0.25) is 0 Å². The first-order valence-corrected chi connectivity index (χ1v) is 10.2. The molecule has 1 N–H and O–H groups in total. The number of ether oxygens (including phenoxy) is 1. The third-order valence-corrected chi connectivity index (χ3v) is 5.00. The third-order valence-electron chi connectivity index (χ3n) is 5.00. The maximum atomic E-state index is 13.3. The van der Waals surface area contributed by atoms with Crippen LogP contribution in [0.5, 0.6) is 0 Å². The number of alkyl carbamates (subject to hydrolysis) is 1. The van der Waals surface area contributed by atoms with Gasteiger partial charge >= 0.3 is 6.09 Å². The van der Waals surface area contributed by atoms with Gasteiger partial charge in [-0.2, -0.15) is 0 Å². The van der Waals surface area contributed by atoms with Gasteiger partial charge in [-0.15, -0.1) is 0 Å². The van der Waals surface area contributed by atoms with E-state index in [2.05, 4.69) is 17.4 Å². The summed E-state index contributed by atoms with van der Waals surface area (Å²) in [5.41, 5.74) is 2.99. The topological polar surface area (TPSA) is 58.6 Å². The summed E-state index contributed by atoms with van der Waals surface area (Å²) < 4.78 is 5.39. The molecule has 0 saturated heterocycles. The molecule has 0 radical (unpaired) electrons. The van der Waals surface area contributed by atoms with Gasteiger partial charge in [0.1, 0.15) is 11.6 Å². The molecule has 1 aliphatic heterocycles. The fourth-order valence-corrected chi connectivity index (χ4v) is 3.57. The number of benzene rings is 2. The second kappa shape index (κ2) is 9.12. The Bertz CT molecular complexity index is 843. The molecule has 5 nitrogen and oxygen atoms in total. The Morgan fingerprint density at radius 1 is 1.03 bits per heavy atom. The van der Waals surface area contributed by atoms with Gasteiger partial charge in [-0.3, -0.25) is 4.79 Å². The predicted octanol–water partition coefficient (Wildman–Crippen LogP) is 4.10. The largest absolute Gasteiger partial charge is 0.444 e. The number of hydrogen-bond donors (Lipinski definition) is 1. The molecule has 5 heteroatoms. The molecule has 0 unspecified atom stereocenters. The van der Waals surface area contributed by atoms with Gasteiger partial charge in [0.25, 0.3) is 0 Å². The summed E-state index contributed by atoms with van der Waals surface area (Å²) in [7, 11) is 0. The van der Waals surface area contributed by atoms with Crippen LogP contribution in [0.25, 0.3) is 0 Å². The van der Waals surface area contributed by atoms with Crippen molar-refractivity contribution in [2.75, 3.05) is 6.54 Å². The summed E-state index contributed by atoms with van der Waals surface area (Å²) in [5, 5.41) is 2.81. The number of rotatable bonds is 5. The van der Waals surface area contributed by atoms with Crippen LogP contribution in [0.3, 0.4) is 0 Å². The van der Waals surface area contributed by atoms with Gasteiger partial charge in [-0.25, -0.2) is 4.79 Å². The molecule has 3 rings (SSSR count). The van der Waals surface area contributed by atoms with E-state index in [1.165, 1.54) is 11.1 Å². The molecule has 0 aliphatic carbocycles. The van der Waals surface area contributed by atoms with E-state index >= 15 is 0 Å². The lowest BCUT2D eigenvalue weighted by atomic mass is 9.98. The highest BCUT2D eigenvalue weighted by atomic mass is 16.6. The number of hydrogen-bond acceptors (Lipinski definition) is 3. The van der Waals surface area contributed by atoms with Crippen LogP contribution >= 0.6 is 0 Å². The zero-order chi connectivity index (χ0) is 20.9. The number of carbonyl (C=O) groups is 2. The van der Waals surface area contributed by atoms with E-state index in [-0.39, 0.29) is 5.91 Å². The molecule has 0 fully saturated rings. The first-order chi connectivity index (χ1) is 13.8. The molecule has 0 spiro atoms. The van der Waals surface area contributed by atoms with Gasteiger partial charge in [0.2, 0.25) is 5.91 Å². The van der Waals surface area contributed by atoms with Crippen molar-refractivity contribution in [2.24, 2.45) is 0 Å². The Balaban J connectivity index is 1.70. The Morgan fingerprint density at radius 3 is 2.38 bits per heavy atom. The highest BCUT2D eigenvalue weighted by molar-refractivity contribution is 5.86. The first kappa shape index (κ1) is 20.9. The minimum absolute atomic E-state index is 0.0544. The Hall–Kier alpha value is -2.82. The Kier molecular flexibility index (Phi) is 6.57. The Labute approximate surface area is 173 Å². The fourth-order valence-electron chi connectivity index (χ4n) is 3.57. The van der Waals surface area contributed by atoms with Crippen LogP contribution in [0.15, 0.2) is 54.6 Å². The van der Waals surface area contributed by atoms with E-state index in [0.29, 0.717) is 25.9 Å². The zero-order valence-corrected chi connectivity index (χ0v) is 17.5. The zero-order valence-electron chi connectivity index (χ0n) is 17.5. The van der Waals surface area contributed by atoms with Crippen molar-refractivity contribution in [3.8, 4) is 0 Å². The lowest BCUT2D eigenvalue weighted by Gasteiger charge is -2.32. The smallest absolute Gasteiger partial charge is 0.408 e. The van der Waals surface area contributed by atoms with Crippen LogP contribution in [0.1, 0.15) is 43.9 Å². The van der Waals surface area contributed by atoms with Crippen LogP contribution < -0.4 is 5.32 Å². The summed E-state index contributed by atoms with van der Waals surface area (Å²) in [6, 6.07) is 17.6. The second-order valence-electron chi connectivity index (χ2n) is 8.50. The number of nitrogens with zero attached hydrogens (tertiary/aromatic N) is 1. The minimum atomic E-state index is -0.615. The van der Waals surface area contributed by atoms with Crippen molar-refractivity contribution in [2.45, 2.75) is 58.2 Å². The quantitative estimate of drug-likeness (QED) is 0.831. The molecule has 154 valence electrons. The fraction of sp³-hybridized carbons (Fsp3) is 0.417. The number of aryl methyl sites for hydroxylation is 1. The van der Waals surface area contributed by atoms with Gasteiger partial charge in [-0.05, 0) is 56.7 Å². The van der Waals surface area contributed by atoms with E-state index in [0.717, 1.165) is 12.0 Å². The van der Waals surface area contributed by atoms with E-state index < -0.39 is 17.7 Å². The van der Waals surface area contributed by atoms with Crippen molar-refractivity contribution in [1.82, 2.24) is 10.2 Å². The van der Waals surface area contributed by atoms with E-state index in [4.69, 9.17) is 4.74 Å². The molecular formula is C24H30N2O3. The summed E-state index contributed by atoms with van der Waals surface area (Å²) in [6.07, 6.45) is 1.51. The van der Waals surface area contributed by atoms with Gasteiger partial charge < -0.3 is 15.0 Å². The van der Waals surface area contributed by atoms with Crippen molar-refractivity contribution in [3.05, 3.63) is 71.3 Å². The van der Waals surface area contributed by atoms with E-state index in [1.54, 1.807) is 0 Å². The van der Waals surface area contributed by atoms with Crippen LogP contribution in [-0.2, 0) is 28.9 Å². The second-order valence-corrected chi connectivity index (χ2v) is 8.50. The lowest BCUT2D eigenvalue weighted by Crippen LogP contribution is -2.51. The van der Waals surface area contributed by atoms with Crippen molar-refractivity contribution in [1.29, 1.82) is 0 Å². The standard InChI is InChI=1S/C24H30N2O3/c1-24(2,3)29-23(28)25-21(14-13-18-9-5-4-6-10-18)22(27)26-16-15-19-11-7-8-12-20(19)17-26/h4-12,21H,13-17H2,1-3H3,(H,25,28)/t21-/m1/s1. The van der Waals surface area contributed by atoms with E-state index in [1.807, 2.05) is 68.1 Å². The molecule has 2 aromatic carbocycles. The maximum Gasteiger partial charge on any atom is 0.408 e. The average Bonchev–Trinajstić information content (AvgIpc) is 2.69. The van der Waals surface area contributed by atoms with Gasteiger partial charge in [-0.1, -0.05) is 54.6 Å². The molecule has 1 atom stereocenters. The highest BCUT2D eigenvalue weighted by Crippen LogP contribution is 2.20. The molecule has 2 aromatic rings. The lowest BCUT2D eigenvalue weighted by molar-refractivity contribution is -0.134. The first-order valence-electron chi connectivity index (χ1n) is 10.2. The molecule has 29 heavy (non-hydrogen) atoms. The molecule has 0 aromatic heterocycles.